The number of nitrogens with two attached hydrogens (primary N) is 1. The van der Waals surface area contributed by atoms with E-state index in [1.165, 1.54) is 18.6 Å². The zero-order valence-electron chi connectivity index (χ0n) is 13.3. The number of imidazole rings is 1. The second-order valence-corrected chi connectivity index (χ2v) is 8.04. The summed E-state index contributed by atoms with van der Waals surface area (Å²) in [5.41, 5.74) is 8.27. The van der Waals surface area contributed by atoms with E-state index in [2.05, 4.69) is 37.2 Å². The molecule has 0 aliphatic heterocycles. The van der Waals surface area contributed by atoms with Crippen molar-refractivity contribution in [3.05, 3.63) is 24.0 Å². The van der Waals surface area contributed by atoms with Crippen molar-refractivity contribution in [2.75, 3.05) is 5.73 Å². The van der Waals surface area contributed by atoms with Gasteiger partial charge in [0.05, 0.1) is 11.0 Å². The molecule has 1 aliphatic carbocycles. The summed E-state index contributed by atoms with van der Waals surface area (Å²) in [7, 11) is 0. The monoisotopic (exact) mass is 289 g/mol. The topological polar surface area (TPSA) is 43.8 Å². The smallest absolute Gasteiger partial charge is 0.201 e. The summed E-state index contributed by atoms with van der Waals surface area (Å²) in [4.78, 5) is 4.35. The Morgan fingerprint density at radius 2 is 1.81 bits per heavy atom. The maximum atomic E-state index is 13.4. The van der Waals surface area contributed by atoms with Gasteiger partial charge in [-0.3, -0.25) is 0 Å². The first-order chi connectivity index (χ1) is 9.67. The molecule has 0 bridgehead atoms. The molecular weight excluding hydrogens is 265 g/mol. The van der Waals surface area contributed by atoms with Gasteiger partial charge in [-0.1, -0.05) is 27.7 Å². The number of nitrogen functional groups attached to an aromatic ring is 1. The van der Waals surface area contributed by atoms with E-state index in [0.29, 0.717) is 17.5 Å². The lowest BCUT2D eigenvalue weighted by molar-refractivity contribution is 0.0746. The lowest BCUT2D eigenvalue weighted by atomic mass is 9.63. The van der Waals surface area contributed by atoms with E-state index in [9.17, 15) is 4.39 Å². The van der Waals surface area contributed by atoms with Gasteiger partial charge >= 0.3 is 0 Å². The molecule has 3 rings (SSSR count). The summed E-state index contributed by atoms with van der Waals surface area (Å²) in [6.07, 6.45) is 3.35. The Morgan fingerprint density at radius 1 is 1.19 bits per heavy atom. The number of nitrogens with zero attached hydrogens (tertiary/aromatic N) is 2. The maximum Gasteiger partial charge on any atom is 0.201 e. The highest BCUT2D eigenvalue weighted by atomic mass is 19.1. The molecule has 114 valence electrons. The van der Waals surface area contributed by atoms with Crippen LogP contribution in [-0.2, 0) is 0 Å². The first-order valence-electron chi connectivity index (χ1n) is 7.60. The number of halogens is 1. The van der Waals surface area contributed by atoms with E-state index in [0.717, 1.165) is 18.4 Å². The summed E-state index contributed by atoms with van der Waals surface area (Å²) in [5.74, 6) is 0.227. The van der Waals surface area contributed by atoms with Gasteiger partial charge in [0.2, 0.25) is 5.95 Å². The quantitative estimate of drug-likeness (QED) is 0.838. The summed E-state index contributed by atoms with van der Waals surface area (Å²) < 4.78 is 15.5. The van der Waals surface area contributed by atoms with Crippen LogP contribution in [0.15, 0.2) is 18.2 Å². The Balaban J connectivity index is 2.09. The molecule has 1 aromatic heterocycles. The fourth-order valence-corrected chi connectivity index (χ4v) is 4.44. The molecule has 1 saturated carbocycles. The number of aromatic nitrogens is 2. The Hall–Kier alpha value is -1.58. The van der Waals surface area contributed by atoms with Gasteiger partial charge < -0.3 is 10.3 Å². The van der Waals surface area contributed by atoms with E-state index in [1.54, 1.807) is 6.07 Å². The van der Waals surface area contributed by atoms with Gasteiger partial charge in [-0.05, 0) is 42.2 Å². The zero-order valence-corrected chi connectivity index (χ0v) is 13.3. The van der Waals surface area contributed by atoms with Crippen LogP contribution >= 0.6 is 0 Å². The van der Waals surface area contributed by atoms with Crippen LogP contribution in [0.1, 0.15) is 53.0 Å². The average molecular weight is 289 g/mol. The SMILES string of the molecule is CC1(C)CC(n2c(N)nc3cc(F)ccc32)CC(C)(C)C1. The highest BCUT2D eigenvalue weighted by Gasteiger charge is 2.40. The predicted molar refractivity (Wildman–Crippen MR) is 84.6 cm³/mol. The highest BCUT2D eigenvalue weighted by Crippen LogP contribution is 2.51. The number of benzene rings is 1. The fraction of sp³-hybridized carbons (Fsp3) is 0.588. The lowest BCUT2D eigenvalue weighted by Gasteiger charge is -2.45. The Labute approximate surface area is 125 Å². The van der Waals surface area contributed by atoms with E-state index < -0.39 is 0 Å². The molecule has 1 fully saturated rings. The van der Waals surface area contributed by atoms with E-state index >= 15 is 0 Å². The van der Waals surface area contributed by atoms with Crippen molar-refractivity contribution in [1.82, 2.24) is 9.55 Å². The number of hydrogen-bond donors (Lipinski definition) is 1. The largest absolute Gasteiger partial charge is 0.369 e. The first kappa shape index (κ1) is 14.4. The first-order valence-corrected chi connectivity index (χ1v) is 7.60. The van der Waals surface area contributed by atoms with Crippen LogP contribution in [0.2, 0.25) is 0 Å². The van der Waals surface area contributed by atoms with Crippen molar-refractivity contribution in [3.8, 4) is 0 Å². The Morgan fingerprint density at radius 3 is 2.43 bits per heavy atom. The van der Waals surface area contributed by atoms with Gasteiger partial charge in [0, 0.05) is 12.1 Å². The van der Waals surface area contributed by atoms with Crippen LogP contribution < -0.4 is 5.73 Å². The molecule has 0 radical (unpaired) electrons. The molecule has 3 nitrogen and oxygen atoms in total. The number of rotatable bonds is 1. The molecule has 1 aliphatic rings. The maximum absolute atomic E-state index is 13.4. The minimum atomic E-state index is -0.267. The van der Waals surface area contributed by atoms with Crippen LogP contribution in [0.25, 0.3) is 11.0 Å². The van der Waals surface area contributed by atoms with Crippen molar-refractivity contribution in [1.29, 1.82) is 0 Å². The normalized spacial score (nSPS) is 21.8. The van der Waals surface area contributed by atoms with Gasteiger partial charge in [-0.2, -0.15) is 0 Å². The molecule has 4 heteroatoms. The van der Waals surface area contributed by atoms with Crippen LogP contribution in [-0.4, -0.2) is 9.55 Å². The number of hydrogen-bond acceptors (Lipinski definition) is 2. The van der Waals surface area contributed by atoms with Crippen LogP contribution in [0.3, 0.4) is 0 Å². The van der Waals surface area contributed by atoms with Crippen LogP contribution in [0.5, 0.6) is 0 Å². The van der Waals surface area contributed by atoms with Crippen molar-refractivity contribution < 1.29 is 4.39 Å². The molecule has 1 heterocycles. The molecule has 21 heavy (non-hydrogen) atoms. The third-order valence-corrected chi connectivity index (χ3v) is 4.58. The van der Waals surface area contributed by atoms with Crippen molar-refractivity contribution in [2.24, 2.45) is 10.8 Å². The Kier molecular flexibility index (Phi) is 3.05. The summed E-state index contributed by atoms with van der Waals surface area (Å²) in [6, 6.07) is 5.06. The molecule has 0 saturated heterocycles. The van der Waals surface area contributed by atoms with Gasteiger partial charge in [-0.15, -0.1) is 0 Å². The highest BCUT2D eigenvalue weighted by molar-refractivity contribution is 5.78. The minimum absolute atomic E-state index is 0.267. The molecule has 1 aromatic carbocycles. The molecule has 0 amide bonds. The van der Waals surface area contributed by atoms with Crippen LogP contribution in [0, 0.1) is 16.6 Å². The number of anilines is 1. The third kappa shape index (κ3) is 2.63. The zero-order chi connectivity index (χ0) is 15.4. The van der Waals surface area contributed by atoms with E-state index in [4.69, 9.17) is 5.73 Å². The fourth-order valence-electron chi connectivity index (χ4n) is 4.44. The third-order valence-electron chi connectivity index (χ3n) is 4.58. The van der Waals surface area contributed by atoms with Crippen molar-refractivity contribution >= 4 is 17.0 Å². The minimum Gasteiger partial charge on any atom is -0.369 e. The van der Waals surface area contributed by atoms with Gasteiger partial charge in [0.1, 0.15) is 5.82 Å². The molecule has 0 atom stereocenters. The second kappa shape index (κ2) is 4.46. The van der Waals surface area contributed by atoms with E-state index in [1.807, 2.05) is 0 Å². The average Bonchev–Trinajstić information content (AvgIpc) is 2.59. The standard InChI is InChI=1S/C17H24FN3/c1-16(2)8-12(9-17(3,4)10-16)21-14-6-5-11(18)7-13(14)20-15(21)19/h5-7,12H,8-10H2,1-4H3,(H2,19,20). The summed E-state index contributed by atoms with van der Waals surface area (Å²) in [5, 5.41) is 0. The molecule has 2 aromatic rings. The second-order valence-electron chi connectivity index (χ2n) is 8.04. The van der Waals surface area contributed by atoms with Gasteiger partial charge in [-0.25, -0.2) is 9.37 Å². The van der Waals surface area contributed by atoms with Gasteiger partial charge in [0.25, 0.3) is 0 Å². The van der Waals surface area contributed by atoms with Crippen molar-refractivity contribution in [3.63, 3.8) is 0 Å². The molecule has 2 N–H and O–H groups in total. The summed E-state index contributed by atoms with van der Waals surface area (Å²) in [6.45, 7) is 9.26. The molecular formula is C17H24FN3. The number of fused-ring (bicyclic) bond motifs is 1. The van der Waals surface area contributed by atoms with Crippen molar-refractivity contribution in [2.45, 2.75) is 53.0 Å². The van der Waals surface area contributed by atoms with Gasteiger partial charge in [0.15, 0.2) is 0 Å². The lowest BCUT2D eigenvalue weighted by Crippen LogP contribution is -2.35. The molecule has 0 spiro atoms. The van der Waals surface area contributed by atoms with Crippen LogP contribution in [0.4, 0.5) is 10.3 Å². The molecule has 0 unspecified atom stereocenters. The Bertz CT molecular complexity index is 669. The summed E-state index contributed by atoms with van der Waals surface area (Å²) >= 11 is 0. The predicted octanol–water partition coefficient (Wildman–Crippen LogP) is 4.54. The van der Waals surface area contributed by atoms with E-state index in [-0.39, 0.29) is 16.6 Å².